The molecule has 0 fully saturated rings. The minimum absolute atomic E-state index is 0.327. The molecule has 2 aromatic carbocycles. The van der Waals surface area contributed by atoms with Gasteiger partial charge in [0.1, 0.15) is 0 Å². The molecule has 0 radical (unpaired) electrons. The Morgan fingerprint density at radius 1 is 1.00 bits per heavy atom. The first kappa shape index (κ1) is 11.0. The van der Waals surface area contributed by atoms with E-state index in [1.165, 1.54) is 11.1 Å². The predicted molar refractivity (Wildman–Crippen MR) is 71.4 cm³/mol. The van der Waals surface area contributed by atoms with Gasteiger partial charge in [0.25, 0.3) is 0 Å². The summed E-state index contributed by atoms with van der Waals surface area (Å²) in [5.41, 5.74) is 3.64. The van der Waals surface area contributed by atoms with Crippen LogP contribution >= 0.6 is 0 Å². The van der Waals surface area contributed by atoms with Crippen molar-refractivity contribution in [1.82, 2.24) is 0 Å². The van der Waals surface area contributed by atoms with Crippen molar-refractivity contribution in [3.05, 3.63) is 53.6 Å². The summed E-state index contributed by atoms with van der Waals surface area (Å²) in [5.74, 6) is 1.68. The first-order valence-electron chi connectivity index (χ1n) is 6.00. The quantitative estimate of drug-likeness (QED) is 0.896. The van der Waals surface area contributed by atoms with Crippen LogP contribution in [0.2, 0.25) is 0 Å². The van der Waals surface area contributed by atoms with Crippen molar-refractivity contribution in [2.45, 2.75) is 6.42 Å². The molecule has 3 heteroatoms. The maximum absolute atomic E-state index is 5.39. The van der Waals surface area contributed by atoms with Crippen LogP contribution in [0.3, 0.4) is 0 Å². The molecule has 0 saturated heterocycles. The number of hydrogen-bond donors (Lipinski definition) is 1. The summed E-state index contributed by atoms with van der Waals surface area (Å²) in [6.45, 7) is 0.327. The number of benzene rings is 2. The molecule has 0 aromatic heterocycles. The van der Waals surface area contributed by atoms with Gasteiger partial charge < -0.3 is 14.8 Å². The highest BCUT2D eigenvalue weighted by Gasteiger charge is 2.13. The van der Waals surface area contributed by atoms with Crippen LogP contribution in [-0.4, -0.2) is 13.8 Å². The molecule has 18 heavy (non-hydrogen) atoms. The number of nitrogens with one attached hydrogen (secondary N) is 1. The smallest absolute Gasteiger partial charge is 0.231 e. The molecule has 0 amide bonds. The average Bonchev–Trinajstić information content (AvgIpc) is 2.86. The fourth-order valence-corrected chi connectivity index (χ4v) is 2.12. The fraction of sp³-hybridized carbons (Fsp3) is 0.200. The standard InChI is InChI=1S/C15H15NO2/c1-16-13-4-2-3-11(8-13)7-12-5-6-14-15(9-12)18-10-17-14/h2-6,8-9,16H,7,10H2,1H3. The molecule has 1 N–H and O–H groups in total. The summed E-state index contributed by atoms with van der Waals surface area (Å²) < 4.78 is 10.7. The molecule has 0 atom stereocenters. The molecule has 3 rings (SSSR count). The zero-order valence-electron chi connectivity index (χ0n) is 10.3. The molecule has 1 aliphatic rings. The van der Waals surface area contributed by atoms with Crippen molar-refractivity contribution in [3.8, 4) is 11.5 Å². The molecular formula is C15H15NO2. The van der Waals surface area contributed by atoms with E-state index in [2.05, 4.69) is 35.6 Å². The highest BCUT2D eigenvalue weighted by atomic mass is 16.7. The molecule has 1 aliphatic heterocycles. The van der Waals surface area contributed by atoms with Crippen molar-refractivity contribution in [1.29, 1.82) is 0 Å². The van der Waals surface area contributed by atoms with Gasteiger partial charge in [0.15, 0.2) is 11.5 Å². The van der Waals surface area contributed by atoms with Gasteiger partial charge in [-0.15, -0.1) is 0 Å². The first-order chi connectivity index (χ1) is 8.85. The molecule has 2 aromatic rings. The second-order valence-electron chi connectivity index (χ2n) is 4.31. The van der Waals surface area contributed by atoms with E-state index in [-0.39, 0.29) is 0 Å². The van der Waals surface area contributed by atoms with Crippen molar-refractivity contribution >= 4 is 5.69 Å². The number of hydrogen-bond acceptors (Lipinski definition) is 3. The number of ether oxygens (including phenoxy) is 2. The van der Waals surface area contributed by atoms with Gasteiger partial charge in [0.2, 0.25) is 6.79 Å². The second-order valence-corrected chi connectivity index (χ2v) is 4.31. The Hall–Kier alpha value is -2.16. The third-order valence-corrected chi connectivity index (χ3v) is 3.06. The van der Waals surface area contributed by atoms with Crippen LogP contribution in [0.25, 0.3) is 0 Å². The van der Waals surface area contributed by atoms with Crippen molar-refractivity contribution in [3.63, 3.8) is 0 Å². The SMILES string of the molecule is CNc1cccc(Cc2ccc3c(c2)OCO3)c1. The predicted octanol–water partition coefficient (Wildman–Crippen LogP) is 3.05. The lowest BCUT2D eigenvalue weighted by Gasteiger charge is -2.06. The lowest BCUT2D eigenvalue weighted by molar-refractivity contribution is 0.174. The third-order valence-electron chi connectivity index (χ3n) is 3.06. The normalized spacial score (nSPS) is 12.5. The summed E-state index contributed by atoms with van der Waals surface area (Å²) >= 11 is 0. The van der Waals surface area contributed by atoms with Gasteiger partial charge in [0, 0.05) is 12.7 Å². The molecule has 1 heterocycles. The molecule has 0 saturated carbocycles. The van der Waals surface area contributed by atoms with Gasteiger partial charge in [-0.1, -0.05) is 18.2 Å². The Morgan fingerprint density at radius 3 is 2.72 bits per heavy atom. The molecule has 92 valence electrons. The van der Waals surface area contributed by atoms with Crippen molar-refractivity contribution < 1.29 is 9.47 Å². The number of anilines is 1. The van der Waals surface area contributed by atoms with Crippen molar-refractivity contribution in [2.24, 2.45) is 0 Å². The minimum atomic E-state index is 0.327. The van der Waals surface area contributed by atoms with Gasteiger partial charge in [-0.2, -0.15) is 0 Å². The van der Waals surface area contributed by atoms with Crippen LogP contribution < -0.4 is 14.8 Å². The highest BCUT2D eigenvalue weighted by Crippen LogP contribution is 2.33. The fourth-order valence-electron chi connectivity index (χ4n) is 2.12. The van der Waals surface area contributed by atoms with Crippen LogP contribution in [0, 0.1) is 0 Å². The van der Waals surface area contributed by atoms with E-state index in [0.29, 0.717) is 6.79 Å². The maximum Gasteiger partial charge on any atom is 0.231 e. The van der Waals surface area contributed by atoms with Crippen LogP contribution in [0.5, 0.6) is 11.5 Å². The van der Waals surface area contributed by atoms with Crippen LogP contribution in [0.1, 0.15) is 11.1 Å². The Balaban J connectivity index is 1.83. The van der Waals surface area contributed by atoms with E-state index in [0.717, 1.165) is 23.6 Å². The van der Waals surface area contributed by atoms with E-state index < -0.39 is 0 Å². The Bertz CT molecular complexity index is 566. The molecule has 3 nitrogen and oxygen atoms in total. The lowest BCUT2D eigenvalue weighted by Crippen LogP contribution is -1.93. The molecule has 0 unspecified atom stereocenters. The summed E-state index contributed by atoms with van der Waals surface area (Å²) in [6, 6.07) is 14.5. The van der Waals surface area contributed by atoms with Crippen LogP contribution in [0.15, 0.2) is 42.5 Å². The van der Waals surface area contributed by atoms with Gasteiger partial charge >= 0.3 is 0 Å². The summed E-state index contributed by atoms with van der Waals surface area (Å²) in [6.07, 6.45) is 0.895. The van der Waals surface area contributed by atoms with Gasteiger partial charge in [-0.25, -0.2) is 0 Å². The lowest BCUT2D eigenvalue weighted by atomic mass is 10.0. The zero-order valence-corrected chi connectivity index (χ0v) is 10.3. The maximum atomic E-state index is 5.39. The van der Waals surface area contributed by atoms with Crippen LogP contribution in [0.4, 0.5) is 5.69 Å². The molecule has 0 bridgehead atoms. The number of rotatable bonds is 3. The third kappa shape index (κ3) is 2.12. The zero-order chi connectivity index (χ0) is 12.4. The topological polar surface area (TPSA) is 30.5 Å². The molecule has 0 spiro atoms. The van der Waals surface area contributed by atoms with Gasteiger partial charge in [-0.05, 0) is 41.8 Å². The summed E-state index contributed by atoms with van der Waals surface area (Å²) in [7, 11) is 1.93. The van der Waals surface area contributed by atoms with E-state index in [1.807, 2.05) is 19.2 Å². The molecule has 0 aliphatic carbocycles. The highest BCUT2D eigenvalue weighted by molar-refractivity contribution is 5.48. The van der Waals surface area contributed by atoms with Crippen LogP contribution in [-0.2, 0) is 6.42 Å². The second kappa shape index (κ2) is 4.61. The Kier molecular flexibility index (Phi) is 2.81. The molecular weight excluding hydrogens is 226 g/mol. The van der Waals surface area contributed by atoms with Crippen molar-refractivity contribution in [2.75, 3.05) is 19.2 Å². The van der Waals surface area contributed by atoms with E-state index >= 15 is 0 Å². The summed E-state index contributed by atoms with van der Waals surface area (Å²) in [4.78, 5) is 0. The van der Waals surface area contributed by atoms with E-state index in [4.69, 9.17) is 9.47 Å². The van der Waals surface area contributed by atoms with Gasteiger partial charge in [-0.3, -0.25) is 0 Å². The van der Waals surface area contributed by atoms with E-state index in [1.54, 1.807) is 0 Å². The number of fused-ring (bicyclic) bond motifs is 1. The minimum Gasteiger partial charge on any atom is -0.454 e. The Morgan fingerprint density at radius 2 is 1.83 bits per heavy atom. The monoisotopic (exact) mass is 241 g/mol. The summed E-state index contributed by atoms with van der Waals surface area (Å²) in [5, 5.41) is 3.15. The largest absolute Gasteiger partial charge is 0.454 e. The Labute approximate surface area is 106 Å². The van der Waals surface area contributed by atoms with E-state index in [9.17, 15) is 0 Å². The first-order valence-corrected chi connectivity index (χ1v) is 6.00. The average molecular weight is 241 g/mol. The van der Waals surface area contributed by atoms with Gasteiger partial charge in [0.05, 0.1) is 0 Å².